The summed E-state index contributed by atoms with van der Waals surface area (Å²) in [6.45, 7) is 9.40. The molecule has 4 aromatic carbocycles. The van der Waals surface area contributed by atoms with Crippen molar-refractivity contribution in [2.45, 2.75) is 52.7 Å². The number of aromatic nitrogens is 1. The van der Waals surface area contributed by atoms with Gasteiger partial charge in [0.2, 0.25) is 0 Å². The lowest BCUT2D eigenvalue weighted by molar-refractivity contribution is 0.0193. The minimum atomic E-state index is -2.77. The molecule has 1 fully saturated rings. The van der Waals surface area contributed by atoms with Gasteiger partial charge in [0.15, 0.2) is 0 Å². The van der Waals surface area contributed by atoms with Gasteiger partial charge in [-0.05, 0) is 104 Å². The van der Waals surface area contributed by atoms with Crippen LogP contribution in [-0.4, -0.2) is 77.3 Å². The van der Waals surface area contributed by atoms with Crippen molar-refractivity contribution in [2.75, 3.05) is 44.9 Å². The Morgan fingerprint density at radius 1 is 0.929 bits per heavy atom. The average Bonchev–Trinajstić information content (AvgIpc) is 3.50. The SMILES string of the molecule is COc1cccc(CN(C(=O)c2cc(-c3cc(C(F)F)c(C)cc3C(=O)N3Cc4ccccc4C[C@H]3CN3CCOCC3)n(C)c2C)c2ccc(O)cc2)c1C. The number of hydrogen-bond donors (Lipinski definition) is 1. The number of carbonyl (C=O) groups excluding carboxylic acids is 2. The summed E-state index contributed by atoms with van der Waals surface area (Å²) in [6.07, 6.45) is -2.10. The second-order valence-electron chi connectivity index (χ2n) is 14.8. The van der Waals surface area contributed by atoms with E-state index in [1.165, 1.54) is 23.8 Å². The zero-order valence-electron chi connectivity index (χ0n) is 32.5. The smallest absolute Gasteiger partial charge is 0.264 e. The van der Waals surface area contributed by atoms with Gasteiger partial charge in [0, 0.05) is 73.0 Å². The van der Waals surface area contributed by atoms with E-state index < -0.39 is 6.43 Å². The fourth-order valence-corrected chi connectivity index (χ4v) is 8.03. The van der Waals surface area contributed by atoms with Crippen molar-refractivity contribution >= 4 is 17.5 Å². The molecule has 292 valence electrons. The van der Waals surface area contributed by atoms with Gasteiger partial charge in [-0.1, -0.05) is 36.4 Å². The van der Waals surface area contributed by atoms with Crippen molar-refractivity contribution in [3.63, 3.8) is 0 Å². The number of hydrogen-bond acceptors (Lipinski definition) is 6. The van der Waals surface area contributed by atoms with Crippen LogP contribution in [0.2, 0.25) is 0 Å². The Morgan fingerprint density at radius 3 is 2.34 bits per heavy atom. The van der Waals surface area contributed by atoms with Gasteiger partial charge in [-0.2, -0.15) is 0 Å². The number of phenolic OH excluding ortho intramolecular Hbond substituents is 1. The Balaban J connectivity index is 1.31. The van der Waals surface area contributed by atoms with Gasteiger partial charge >= 0.3 is 0 Å². The third-order valence-corrected chi connectivity index (χ3v) is 11.5. The van der Waals surface area contributed by atoms with E-state index in [9.17, 15) is 18.7 Å². The summed E-state index contributed by atoms with van der Waals surface area (Å²) >= 11 is 0. The lowest BCUT2D eigenvalue weighted by Crippen LogP contribution is -2.52. The number of aromatic hydroxyl groups is 1. The first kappa shape index (κ1) is 38.7. The van der Waals surface area contributed by atoms with Crippen molar-refractivity contribution in [1.29, 1.82) is 0 Å². The molecule has 2 aliphatic rings. The molecule has 0 aliphatic carbocycles. The molecule has 0 bridgehead atoms. The number of benzene rings is 4. The van der Waals surface area contributed by atoms with E-state index >= 15 is 4.79 Å². The molecule has 9 nitrogen and oxygen atoms in total. The van der Waals surface area contributed by atoms with E-state index in [0.29, 0.717) is 77.8 Å². The van der Waals surface area contributed by atoms with E-state index in [1.807, 2.05) is 55.1 Å². The maximum Gasteiger partial charge on any atom is 0.264 e. The molecule has 11 heteroatoms. The summed E-state index contributed by atoms with van der Waals surface area (Å²) in [5.41, 5.74) is 6.78. The summed E-state index contributed by atoms with van der Waals surface area (Å²) < 4.78 is 42.2. The molecule has 0 saturated carbocycles. The van der Waals surface area contributed by atoms with Gasteiger partial charge in [0.05, 0.1) is 32.4 Å². The van der Waals surface area contributed by atoms with Gasteiger partial charge in [-0.15, -0.1) is 0 Å². The summed E-state index contributed by atoms with van der Waals surface area (Å²) in [4.78, 5) is 35.6. The Kier molecular flexibility index (Phi) is 11.3. The summed E-state index contributed by atoms with van der Waals surface area (Å²) in [7, 11) is 3.38. The molecular weight excluding hydrogens is 715 g/mol. The van der Waals surface area contributed by atoms with Crippen LogP contribution in [0, 0.1) is 20.8 Å². The number of carbonyl (C=O) groups is 2. The highest BCUT2D eigenvalue weighted by Gasteiger charge is 2.35. The lowest BCUT2D eigenvalue weighted by Gasteiger charge is -2.40. The van der Waals surface area contributed by atoms with Crippen LogP contribution in [0.3, 0.4) is 0 Å². The molecule has 1 atom stereocenters. The normalized spacial score (nSPS) is 15.9. The van der Waals surface area contributed by atoms with Crippen LogP contribution in [0.4, 0.5) is 14.5 Å². The topological polar surface area (TPSA) is 87.5 Å². The number of rotatable bonds is 10. The molecule has 0 unspecified atom stereocenters. The molecule has 3 heterocycles. The van der Waals surface area contributed by atoms with Crippen LogP contribution in [0.5, 0.6) is 11.5 Å². The van der Waals surface area contributed by atoms with Crippen molar-refractivity contribution in [1.82, 2.24) is 14.4 Å². The zero-order valence-corrected chi connectivity index (χ0v) is 32.5. The van der Waals surface area contributed by atoms with E-state index in [-0.39, 0.29) is 35.7 Å². The Hall–Kier alpha value is -5.52. The van der Waals surface area contributed by atoms with Gasteiger partial charge in [-0.3, -0.25) is 14.5 Å². The Bertz CT molecular complexity index is 2250. The van der Waals surface area contributed by atoms with E-state index in [2.05, 4.69) is 11.0 Å². The second-order valence-corrected chi connectivity index (χ2v) is 14.8. The highest BCUT2D eigenvalue weighted by atomic mass is 19.3. The number of morpholine rings is 1. The van der Waals surface area contributed by atoms with Crippen molar-refractivity contribution < 1.29 is 33.0 Å². The van der Waals surface area contributed by atoms with Crippen LogP contribution in [-0.2, 0) is 31.3 Å². The number of anilines is 1. The molecule has 0 spiro atoms. The monoisotopic (exact) mass is 762 g/mol. The number of alkyl halides is 2. The zero-order chi connectivity index (χ0) is 39.7. The molecule has 1 saturated heterocycles. The van der Waals surface area contributed by atoms with Crippen LogP contribution < -0.4 is 9.64 Å². The van der Waals surface area contributed by atoms with Crippen molar-refractivity contribution in [3.05, 3.63) is 135 Å². The molecule has 1 N–H and O–H groups in total. The third-order valence-electron chi connectivity index (χ3n) is 11.5. The quantitative estimate of drug-likeness (QED) is 0.155. The summed E-state index contributed by atoms with van der Waals surface area (Å²) in [5.74, 6) is 0.175. The predicted octanol–water partition coefficient (Wildman–Crippen LogP) is 8.02. The van der Waals surface area contributed by atoms with Crippen LogP contribution >= 0.6 is 0 Å². The Morgan fingerprint density at radius 2 is 1.64 bits per heavy atom. The molecule has 2 aliphatic heterocycles. The number of phenols is 1. The summed E-state index contributed by atoms with van der Waals surface area (Å²) in [6, 6.07) is 24.8. The van der Waals surface area contributed by atoms with Crippen molar-refractivity contribution in [2.24, 2.45) is 7.05 Å². The minimum absolute atomic E-state index is 0.0627. The minimum Gasteiger partial charge on any atom is -0.508 e. The van der Waals surface area contributed by atoms with Gasteiger partial charge in [0.25, 0.3) is 18.2 Å². The first-order chi connectivity index (χ1) is 26.9. The van der Waals surface area contributed by atoms with Crippen LogP contribution in [0.15, 0.2) is 84.9 Å². The third kappa shape index (κ3) is 7.66. The van der Waals surface area contributed by atoms with Gasteiger partial charge in [0.1, 0.15) is 11.5 Å². The molecular formula is C45H48F2N4O5. The number of nitrogens with zero attached hydrogens (tertiary/aromatic N) is 4. The largest absolute Gasteiger partial charge is 0.508 e. The molecule has 1 aromatic heterocycles. The number of fused-ring (bicyclic) bond motifs is 1. The Labute approximate surface area is 326 Å². The van der Waals surface area contributed by atoms with Crippen LogP contribution in [0.1, 0.15) is 66.2 Å². The number of amides is 2. The summed E-state index contributed by atoms with van der Waals surface area (Å²) in [5, 5.41) is 10.1. The van der Waals surface area contributed by atoms with Gasteiger partial charge in [-0.25, -0.2) is 8.78 Å². The lowest BCUT2D eigenvalue weighted by atomic mass is 9.91. The van der Waals surface area contributed by atoms with Gasteiger partial charge < -0.3 is 28.9 Å². The highest BCUT2D eigenvalue weighted by molar-refractivity contribution is 6.08. The number of halogens is 2. The first-order valence-electron chi connectivity index (χ1n) is 19.0. The van der Waals surface area contributed by atoms with E-state index in [1.54, 1.807) is 54.8 Å². The number of ether oxygens (including phenoxy) is 2. The predicted molar refractivity (Wildman–Crippen MR) is 213 cm³/mol. The fourth-order valence-electron chi connectivity index (χ4n) is 8.03. The van der Waals surface area contributed by atoms with Crippen LogP contribution in [0.25, 0.3) is 11.3 Å². The molecule has 0 radical (unpaired) electrons. The van der Waals surface area contributed by atoms with E-state index in [0.717, 1.165) is 29.8 Å². The fraction of sp³-hybridized carbons (Fsp3) is 0.333. The molecule has 5 aromatic rings. The van der Waals surface area contributed by atoms with E-state index in [4.69, 9.17) is 9.47 Å². The van der Waals surface area contributed by atoms with Crippen molar-refractivity contribution in [3.8, 4) is 22.8 Å². The molecule has 56 heavy (non-hydrogen) atoms. The molecule has 2 amide bonds. The average molecular weight is 763 g/mol. The highest BCUT2D eigenvalue weighted by Crippen LogP contribution is 2.37. The standard InChI is InChI=1S/C45H48F2N4O5/c1-28-21-40(45(54)51-26-33-10-7-6-9-31(33)22-35(51)27-49-17-19-56-20-18-49)39(23-37(28)43(46)47)41-24-38(30(3)48(41)4)44(53)50(34-13-15-36(52)16-14-34)25-32-11-8-12-42(55-5)29(32)2/h6-16,21,23-24,35,43,52H,17-20,22,25-27H2,1-5H3/t35-/m0/s1. The maximum absolute atomic E-state index is 15.0. The number of methoxy groups -OCH3 is 1. The molecule has 7 rings (SSSR count). The first-order valence-corrected chi connectivity index (χ1v) is 19.0. The number of aryl methyl sites for hydroxylation is 1. The second kappa shape index (κ2) is 16.3. The maximum atomic E-state index is 15.0.